The average molecular weight is 201 g/mol. The second-order valence-corrected chi connectivity index (χ2v) is 3.46. The minimum absolute atomic E-state index is 0.282. The van der Waals surface area contributed by atoms with E-state index >= 15 is 0 Å². The maximum atomic E-state index is 5.72. The van der Waals surface area contributed by atoms with Crippen molar-refractivity contribution in [3.8, 4) is 11.8 Å². The number of fused-ring (bicyclic) bond motifs is 1. The van der Waals surface area contributed by atoms with Crippen LogP contribution in [0.3, 0.4) is 0 Å². The summed E-state index contributed by atoms with van der Waals surface area (Å²) in [6.45, 7) is 4.01. The highest BCUT2D eigenvalue weighted by Crippen LogP contribution is 2.12. The van der Waals surface area contributed by atoms with Gasteiger partial charge in [-0.25, -0.2) is 9.97 Å². The van der Waals surface area contributed by atoms with Crippen molar-refractivity contribution < 1.29 is 0 Å². The number of rotatable bonds is 0. The van der Waals surface area contributed by atoms with Gasteiger partial charge in [0.15, 0.2) is 11.5 Å². The summed E-state index contributed by atoms with van der Waals surface area (Å²) >= 11 is 0. The van der Waals surface area contributed by atoms with E-state index in [1.54, 1.807) is 0 Å². The quantitative estimate of drug-likeness (QED) is 0.622. The standard InChI is InChI=1S/C10H11N5/c1-6(2)3-4-7-14-9(11)8-10(15-7)13-5-12-8/h5-6H,1-2H3,(H3,11,12,13,14,15). The molecule has 0 aliphatic rings. The van der Waals surface area contributed by atoms with E-state index in [0.29, 0.717) is 22.8 Å². The zero-order valence-electron chi connectivity index (χ0n) is 8.57. The number of nitrogens with two attached hydrogens (primary N) is 1. The van der Waals surface area contributed by atoms with Crippen molar-refractivity contribution in [2.45, 2.75) is 13.8 Å². The summed E-state index contributed by atoms with van der Waals surface area (Å²) in [5.74, 6) is 6.92. The molecule has 0 spiro atoms. The smallest absolute Gasteiger partial charge is 0.209 e. The molecule has 2 aromatic rings. The van der Waals surface area contributed by atoms with Crippen LogP contribution in [0.25, 0.3) is 11.2 Å². The first-order valence-corrected chi connectivity index (χ1v) is 4.65. The lowest BCUT2D eigenvalue weighted by atomic mass is 10.2. The van der Waals surface area contributed by atoms with Crippen molar-refractivity contribution in [2.24, 2.45) is 5.92 Å². The third kappa shape index (κ3) is 1.89. The molecule has 0 aliphatic heterocycles. The number of hydrogen-bond donors (Lipinski definition) is 2. The van der Waals surface area contributed by atoms with Crippen molar-refractivity contribution >= 4 is 17.0 Å². The first-order chi connectivity index (χ1) is 7.16. The van der Waals surface area contributed by atoms with Gasteiger partial charge in [-0.1, -0.05) is 19.8 Å². The molecular formula is C10H11N5. The Hall–Kier alpha value is -2.09. The van der Waals surface area contributed by atoms with Crippen LogP contribution in [0.5, 0.6) is 0 Å². The van der Waals surface area contributed by atoms with Crippen LogP contribution in [0, 0.1) is 17.8 Å². The van der Waals surface area contributed by atoms with Crippen molar-refractivity contribution in [3.63, 3.8) is 0 Å². The number of nitrogens with zero attached hydrogens (tertiary/aromatic N) is 3. The van der Waals surface area contributed by atoms with Gasteiger partial charge in [0.05, 0.1) is 6.33 Å². The summed E-state index contributed by atoms with van der Waals surface area (Å²) in [4.78, 5) is 15.1. The normalized spacial score (nSPS) is 10.3. The summed E-state index contributed by atoms with van der Waals surface area (Å²) in [5, 5.41) is 0. The fourth-order valence-corrected chi connectivity index (χ4v) is 1.12. The third-order valence-corrected chi connectivity index (χ3v) is 1.79. The van der Waals surface area contributed by atoms with Crippen molar-refractivity contribution in [3.05, 3.63) is 12.2 Å². The number of nitrogens with one attached hydrogen (secondary N) is 1. The van der Waals surface area contributed by atoms with E-state index in [-0.39, 0.29) is 5.92 Å². The molecule has 2 heterocycles. The van der Waals surface area contributed by atoms with Gasteiger partial charge in [0.25, 0.3) is 0 Å². The fraction of sp³-hybridized carbons (Fsp3) is 0.300. The number of H-pyrrole nitrogens is 1. The van der Waals surface area contributed by atoms with Gasteiger partial charge in [0.1, 0.15) is 5.52 Å². The lowest BCUT2D eigenvalue weighted by Gasteiger charge is -1.95. The molecule has 0 atom stereocenters. The second kappa shape index (κ2) is 3.58. The van der Waals surface area contributed by atoms with Crippen LogP contribution in [0.4, 0.5) is 5.82 Å². The molecule has 15 heavy (non-hydrogen) atoms. The highest BCUT2D eigenvalue weighted by Gasteiger charge is 2.04. The van der Waals surface area contributed by atoms with Crippen LogP contribution >= 0.6 is 0 Å². The Morgan fingerprint density at radius 3 is 2.93 bits per heavy atom. The van der Waals surface area contributed by atoms with Crippen molar-refractivity contribution in [1.29, 1.82) is 0 Å². The number of nitrogen functional groups attached to an aromatic ring is 1. The third-order valence-electron chi connectivity index (χ3n) is 1.79. The Labute approximate surface area is 87.1 Å². The van der Waals surface area contributed by atoms with Gasteiger partial charge < -0.3 is 10.7 Å². The van der Waals surface area contributed by atoms with Crippen LogP contribution in [0.1, 0.15) is 19.7 Å². The molecule has 0 aliphatic carbocycles. The van der Waals surface area contributed by atoms with E-state index in [4.69, 9.17) is 5.73 Å². The molecule has 0 radical (unpaired) electrons. The van der Waals surface area contributed by atoms with E-state index in [1.807, 2.05) is 13.8 Å². The highest BCUT2D eigenvalue weighted by molar-refractivity contribution is 5.81. The Morgan fingerprint density at radius 2 is 2.20 bits per heavy atom. The van der Waals surface area contributed by atoms with Gasteiger partial charge in [-0.05, 0) is 5.92 Å². The Balaban J connectivity index is 2.51. The predicted molar refractivity (Wildman–Crippen MR) is 57.8 cm³/mol. The number of aromatic nitrogens is 4. The minimum Gasteiger partial charge on any atom is -0.382 e. The Morgan fingerprint density at radius 1 is 1.40 bits per heavy atom. The SMILES string of the molecule is CC(C)C#Cc1nc(N)c2[nH]cnc2n1. The number of anilines is 1. The maximum absolute atomic E-state index is 5.72. The lowest BCUT2D eigenvalue weighted by Crippen LogP contribution is -1.98. The molecule has 0 unspecified atom stereocenters. The summed E-state index contributed by atoms with van der Waals surface area (Å²) < 4.78 is 0. The highest BCUT2D eigenvalue weighted by atomic mass is 15.0. The predicted octanol–water partition coefficient (Wildman–Crippen LogP) is 0.943. The van der Waals surface area contributed by atoms with Crippen LogP contribution in [0.2, 0.25) is 0 Å². The molecule has 0 fully saturated rings. The Bertz CT molecular complexity index is 544. The molecule has 2 aromatic heterocycles. The van der Waals surface area contributed by atoms with Crippen LogP contribution in [-0.4, -0.2) is 19.9 Å². The van der Waals surface area contributed by atoms with E-state index in [0.717, 1.165) is 0 Å². The maximum Gasteiger partial charge on any atom is 0.209 e. The zero-order chi connectivity index (χ0) is 10.8. The van der Waals surface area contributed by atoms with E-state index < -0.39 is 0 Å². The van der Waals surface area contributed by atoms with Gasteiger partial charge in [-0.2, -0.15) is 4.98 Å². The van der Waals surface area contributed by atoms with Crippen LogP contribution in [0.15, 0.2) is 6.33 Å². The first kappa shape index (κ1) is 9.46. The monoisotopic (exact) mass is 201 g/mol. The van der Waals surface area contributed by atoms with Gasteiger partial charge in [-0.15, -0.1) is 0 Å². The second-order valence-electron chi connectivity index (χ2n) is 3.46. The van der Waals surface area contributed by atoms with Crippen molar-refractivity contribution in [2.75, 3.05) is 5.73 Å². The minimum atomic E-state index is 0.282. The molecule has 5 nitrogen and oxygen atoms in total. The number of hydrogen-bond acceptors (Lipinski definition) is 4. The summed E-state index contributed by atoms with van der Waals surface area (Å²) in [6, 6.07) is 0. The van der Waals surface area contributed by atoms with E-state index in [2.05, 4.69) is 31.8 Å². The topological polar surface area (TPSA) is 80.5 Å². The molecule has 3 N–H and O–H groups in total. The molecule has 76 valence electrons. The molecular weight excluding hydrogens is 190 g/mol. The molecule has 0 amide bonds. The lowest BCUT2D eigenvalue weighted by molar-refractivity contribution is 0.866. The molecule has 0 saturated carbocycles. The van der Waals surface area contributed by atoms with E-state index in [1.165, 1.54) is 6.33 Å². The summed E-state index contributed by atoms with van der Waals surface area (Å²) in [5.41, 5.74) is 6.93. The van der Waals surface area contributed by atoms with Crippen LogP contribution < -0.4 is 5.73 Å². The molecule has 5 heteroatoms. The number of aromatic amines is 1. The van der Waals surface area contributed by atoms with Crippen molar-refractivity contribution in [1.82, 2.24) is 19.9 Å². The van der Waals surface area contributed by atoms with Crippen LogP contribution in [-0.2, 0) is 0 Å². The number of imidazole rings is 1. The molecule has 2 rings (SSSR count). The van der Waals surface area contributed by atoms with Gasteiger partial charge in [0, 0.05) is 5.92 Å². The van der Waals surface area contributed by atoms with E-state index in [9.17, 15) is 0 Å². The average Bonchev–Trinajstić information content (AvgIpc) is 2.63. The first-order valence-electron chi connectivity index (χ1n) is 4.65. The zero-order valence-corrected chi connectivity index (χ0v) is 8.57. The fourth-order valence-electron chi connectivity index (χ4n) is 1.12. The summed E-state index contributed by atoms with van der Waals surface area (Å²) in [6.07, 6.45) is 1.54. The largest absolute Gasteiger partial charge is 0.382 e. The van der Waals surface area contributed by atoms with Gasteiger partial charge in [-0.3, -0.25) is 0 Å². The molecule has 0 aromatic carbocycles. The Kier molecular flexibility index (Phi) is 2.26. The molecule has 0 saturated heterocycles. The summed E-state index contributed by atoms with van der Waals surface area (Å²) in [7, 11) is 0. The van der Waals surface area contributed by atoms with Gasteiger partial charge >= 0.3 is 0 Å². The van der Waals surface area contributed by atoms with Gasteiger partial charge in [0.2, 0.25) is 5.82 Å². The molecule has 0 bridgehead atoms.